The zero-order valence-corrected chi connectivity index (χ0v) is 20.3. The number of ether oxygens (including phenoxy) is 1. The second-order valence-electron chi connectivity index (χ2n) is 10.7. The Morgan fingerprint density at radius 3 is 2.77 bits per heavy atom. The van der Waals surface area contributed by atoms with Crippen molar-refractivity contribution in [3.8, 4) is 23.3 Å². The molecular weight excluding hydrogens is 436 g/mol. The van der Waals surface area contributed by atoms with Gasteiger partial charge < -0.3 is 9.84 Å². The van der Waals surface area contributed by atoms with Crippen molar-refractivity contribution in [2.24, 2.45) is 17.8 Å². The van der Waals surface area contributed by atoms with Crippen LogP contribution in [0.2, 0.25) is 0 Å². The molecule has 6 heteroatoms. The molecule has 0 bridgehead atoms. The Morgan fingerprint density at radius 1 is 1.17 bits per heavy atom. The van der Waals surface area contributed by atoms with Crippen molar-refractivity contribution < 1.29 is 9.84 Å². The summed E-state index contributed by atoms with van der Waals surface area (Å²) in [7, 11) is 0. The van der Waals surface area contributed by atoms with Gasteiger partial charge in [-0.2, -0.15) is 10.2 Å². The van der Waals surface area contributed by atoms with Crippen molar-refractivity contribution in [2.45, 2.75) is 57.8 Å². The van der Waals surface area contributed by atoms with Crippen LogP contribution in [-0.4, -0.2) is 26.7 Å². The first-order valence-electron chi connectivity index (χ1n) is 12.7. The summed E-state index contributed by atoms with van der Waals surface area (Å²) < 4.78 is 6.42. The van der Waals surface area contributed by atoms with Gasteiger partial charge in [0.05, 0.1) is 29.5 Å². The molecule has 1 fully saturated rings. The number of fused-ring (bicyclic) bond motifs is 4. The van der Waals surface area contributed by atoms with Gasteiger partial charge >= 0.3 is 0 Å². The Balaban J connectivity index is 1.54. The lowest BCUT2D eigenvalue weighted by molar-refractivity contribution is 0.131. The zero-order chi connectivity index (χ0) is 24.2. The first-order chi connectivity index (χ1) is 17.0. The number of aliphatic hydroxyl groups is 1. The van der Waals surface area contributed by atoms with E-state index >= 15 is 0 Å². The molecule has 1 N–H and O–H groups in total. The van der Waals surface area contributed by atoms with Gasteiger partial charge in [-0.15, -0.1) is 0 Å². The first kappa shape index (κ1) is 22.0. The third kappa shape index (κ3) is 3.48. The number of rotatable bonds is 4. The van der Waals surface area contributed by atoms with Gasteiger partial charge in [0.2, 0.25) is 5.88 Å². The highest BCUT2D eigenvalue weighted by molar-refractivity contribution is 5.92. The molecule has 3 atom stereocenters. The van der Waals surface area contributed by atoms with E-state index in [1.165, 1.54) is 19.3 Å². The lowest BCUT2D eigenvalue weighted by Gasteiger charge is -2.47. The normalized spacial score (nSPS) is 26.0. The molecule has 1 saturated carbocycles. The monoisotopic (exact) mass is 466 g/mol. The van der Waals surface area contributed by atoms with E-state index in [-0.39, 0.29) is 23.0 Å². The quantitative estimate of drug-likeness (QED) is 0.502. The van der Waals surface area contributed by atoms with E-state index in [2.05, 4.69) is 24.0 Å². The summed E-state index contributed by atoms with van der Waals surface area (Å²) in [4.78, 5) is 14.7. The molecule has 178 valence electrons. The fraction of sp³-hybridized carbons (Fsp3) is 0.448. The molecule has 0 radical (unpaired) electrons. The highest BCUT2D eigenvalue weighted by Crippen LogP contribution is 2.54. The number of hydrogen-bond donors (Lipinski definition) is 1. The van der Waals surface area contributed by atoms with Gasteiger partial charge in [-0.3, -0.25) is 4.98 Å². The predicted octanol–water partition coefficient (Wildman–Crippen LogP) is 6.07. The van der Waals surface area contributed by atoms with Crippen LogP contribution in [0.5, 0.6) is 5.88 Å². The summed E-state index contributed by atoms with van der Waals surface area (Å²) in [6.45, 7) is 4.92. The minimum atomic E-state index is -0.376. The van der Waals surface area contributed by atoms with E-state index in [1.54, 1.807) is 6.20 Å². The molecular formula is C29H30N4O2. The van der Waals surface area contributed by atoms with E-state index in [0.717, 1.165) is 40.6 Å². The van der Waals surface area contributed by atoms with Crippen molar-refractivity contribution in [1.29, 1.82) is 5.26 Å². The minimum Gasteiger partial charge on any atom is -0.511 e. The van der Waals surface area contributed by atoms with Crippen LogP contribution < -0.4 is 4.74 Å². The number of aromatic nitrogens is 3. The molecule has 3 aliphatic rings. The summed E-state index contributed by atoms with van der Waals surface area (Å²) >= 11 is 0. The third-order valence-electron chi connectivity index (χ3n) is 8.63. The van der Waals surface area contributed by atoms with Crippen LogP contribution in [-0.2, 0) is 11.8 Å². The molecule has 0 aliphatic heterocycles. The lowest BCUT2D eigenvalue weighted by Crippen LogP contribution is -2.45. The van der Waals surface area contributed by atoms with E-state index in [4.69, 9.17) is 14.7 Å². The van der Waals surface area contributed by atoms with Gasteiger partial charge in [0.15, 0.2) is 5.82 Å². The largest absolute Gasteiger partial charge is 0.511 e. The number of pyridine rings is 1. The van der Waals surface area contributed by atoms with Crippen molar-refractivity contribution in [3.05, 3.63) is 59.1 Å². The number of nitriles is 1. The van der Waals surface area contributed by atoms with Crippen LogP contribution in [0.3, 0.4) is 0 Å². The Labute approximate surface area is 205 Å². The topological polar surface area (TPSA) is 91.9 Å². The Kier molecular flexibility index (Phi) is 5.25. The second-order valence-corrected chi connectivity index (χ2v) is 10.7. The van der Waals surface area contributed by atoms with E-state index < -0.39 is 0 Å². The maximum atomic E-state index is 10.7. The van der Waals surface area contributed by atoms with Crippen molar-refractivity contribution in [1.82, 2.24) is 15.0 Å². The smallest absolute Gasteiger partial charge is 0.220 e. The molecule has 3 aromatic rings. The van der Waals surface area contributed by atoms with Crippen molar-refractivity contribution in [2.75, 3.05) is 6.61 Å². The Hall–Kier alpha value is -3.46. The molecule has 0 amide bonds. The molecule has 2 aromatic heterocycles. The highest BCUT2D eigenvalue weighted by atomic mass is 16.5. The summed E-state index contributed by atoms with van der Waals surface area (Å²) in [6, 6.07) is 12.3. The van der Waals surface area contributed by atoms with E-state index in [0.29, 0.717) is 36.2 Å². The number of hydrogen-bond acceptors (Lipinski definition) is 6. The van der Waals surface area contributed by atoms with E-state index in [1.807, 2.05) is 31.2 Å². The molecule has 0 spiro atoms. The fourth-order valence-electron chi connectivity index (χ4n) is 6.38. The van der Waals surface area contributed by atoms with Gasteiger partial charge in [-0.25, -0.2) is 4.98 Å². The number of nitrogens with zero attached hydrogens (tertiary/aromatic N) is 4. The van der Waals surface area contributed by atoms with Gasteiger partial charge in [0.1, 0.15) is 5.76 Å². The molecule has 6 rings (SSSR count). The summed E-state index contributed by atoms with van der Waals surface area (Å²) in [6.07, 6.45) is 7.70. The summed E-state index contributed by atoms with van der Waals surface area (Å²) in [5.74, 6) is 2.27. The van der Waals surface area contributed by atoms with Gasteiger partial charge in [-0.05, 0) is 56.1 Å². The highest BCUT2D eigenvalue weighted by Gasteiger charge is 2.50. The van der Waals surface area contributed by atoms with Gasteiger partial charge in [0.25, 0.3) is 0 Å². The summed E-state index contributed by atoms with van der Waals surface area (Å²) in [5, 5.41) is 21.5. The molecule has 1 aromatic carbocycles. The van der Waals surface area contributed by atoms with E-state index in [9.17, 15) is 10.4 Å². The average Bonchev–Trinajstić information content (AvgIpc) is 2.85. The third-order valence-corrected chi connectivity index (χ3v) is 8.63. The standard InChI is InChI=1S/C29H30N4O2/c1-17-23-11-10-22-26(29(23,2)14-19(15-30)25(17)34)32-27(33-28(22)35-16-18-6-5-7-18)21-12-13-31-24-9-4-3-8-20(21)24/h3-4,8-9,12-13,17-18,23,34H,5-7,10-11,14,16H2,1-2H3/t17-,23-,29-/m1/s1. The van der Waals surface area contributed by atoms with Gasteiger partial charge in [0, 0.05) is 34.0 Å². The molecule has 2 heterocycles. The maximum Gasteiger partial charge on any atom is 0.220 e. The van der Waals surface area contributed by atoms with Crippen LogP contribution in [0.1, 0.15) is 57.2 Å². The number of aliphatic hydroxyl groups excluding tert-OH is 1. The molecule has 0 saturated heterocycles. The Bertz CT molecular complexity index is 1380. The van der Waals surface area contributed by atoms with Crippen molar-refractivity contribution >= 4 is 10.9 Å². The Morgan fingerprint density at radius 2 is 2.00 bits per heavy atom. The number of para-hydroxylation sites is 1. The predicted molar refractivity (Wildman–Crippen MR) is 134 cm³/mol. The molecule has 35 heavy (non-hydrogen) atoms. The summed E-state index contributed by atoms with van der Waals surface area (Å²) in [5.41, 5.74) is 3.96. The molecule has 3 aliphatic carbocycles. The minimum absolute atomic E-state index is 0.0870. The fourth-order valence-corrected chi connectivity index (χ4v) is 6.38. The lowest BCUT2D eigenvalue weighted by atomic mass is 9.57. The first-order valence-corrected chi connectivity index (χ1v) is 12.7. The van der Waals surface area contributed by atoms with Crippen LogP contribution >= 0.6 is 0 Å². The SMILES string of the molecule is C[C@H]1C(O)=C(C#N)C[C@@]2(C)c3nc(-c4ccnc5ccccc45)nc(OCC4CCC4)c3CC[C@H]12. The van der Waals surface area contributed by atoms with Crippen LogP contribution in [0.4, 0.5) is 0 Å². The van der Waals surface area contributed by atoms with Gasteiger partial charge in [-0.1, -0.05) is 38.5 Å². The van der Waals surface area contributed by atoms with Crippen LogP contribution in [0.15, 0.2) is 47.9 Å². The average molecular weight is 467 g/mol. The number of allylic oxidation sites excluding steroid dienone is 2. The van der Waals surface area contributed by atoms with Crippen LogP contribution in [0, 0.1) is 29.1 Å². The van der Waals surface area contributed by atoms with Crippen LogP contribution in [0.25, 0.3) is 22.3 Å². The maximum absolute atomic E-state index is 10.7. The zero-order valence-electron chi connectivity index (χ0n) is 20.3. The number of benzene rings is 1. The van der Waals surface area contributed by atoms with Crippen molar-refractivity contribution in [3.63, 3.8) is 0 Å². The molecule has 0 unspecified atom stereocenters. The molecule has 6 nitrogen and oxygen atoms in total. The second kappa shape index (κ2) is 8.34.